The van der Waals surface area contributed by atoms with Crippen LogP contribution in [0, 0.1) is 17.8 Å². The van der Waals surface area contributed by atoms with E-state index in [1.54, 1.807) is 32.9 Å². The van der Waals surface area contributed by atoms with Gasteiger partial charge in [0.1, 0.15) is 12.2 Å². The second-order valence-electron chi connectivity index (χ2n) is 7.85. The molecule has 6 nitrogen and oxygen atoms in total. The zero-order valence-electron chi connectivity index (χ0n) is 15.6. The summed E-state index contributed by atoms with van der Waals surface area (Å²) in [5.74, 6) is -2.46. The standard InChI is InChI=1S/C20H26O6/c1-6-9(2)18(22)25-13-8-20(5,24)16-12(21)7-10(3)14(16)17-15(13)11(4)19(23)26-17/h6-7,12-17,21,24H,4,8H2,1-3,5H3/b9-6-/t12?,13-,14?,15-,16?,17-,20-/m1/s1. The van der Waals surface area contributed by atoms with Crippen molar-refractivity contribution < 1.29 is 29.3 Å². The highest BCUT2D eigenvalue weighted by molar-refractivity contribution is 5.91. The molecule has 0 spiro atoms. The van der Waals surface area contributed by atoms with Crippen LogP contribution < -0.4 is 0 Å². The summed E-state index contributed by atoms with van der Waals surface area (Å²) in [6.45, 7) is 10.7. The molecule has 0 aromatic rings. The van der Waals surface area contributed by atoms with Gasteiger partial charge in [0.15, 0.2) is 0 Å². The molecule has 0 bridgehead atoms. The number of allylic oxidation sites excluding steroid dienone is 1. The van der Waals surface area contributed by atoms with Crippen LogP contribution in [-0.2, 0) is 19.1 Å². The summed E-state index contributed by atoms with van der Waals surface area (Å²) in [6, 6.07) is 0. The number of ether oxygens (including phenoxy) is 2. The van der Waals surface area contributed by atoms with Crippen molar-refractivity contribution in [1.29, 1.82) is 0 Å². The van der Waals surface area contributed by atoms with E-state index in [0.29, 0.717) is 5.57 Å². The lowest BCUT2D eigenvalue weighted by molar-refractivity contribution is -0.150. The van der Waals surface area contributed by atoms with Crippen LogP contribution in [0.2, 0.25) is 0 Å². The van der Waals surface area contributed by atoms with Crippen molar-refractivity contribution in [2.75, 3.05) is 0 Å². The van der Waals surface area contributed by atoms with Crippen molar-refractivity contribution in [3.8, 4) is 0 Å². The predicted molar refractivity (Wildman–Crippen MR) is 93.8 cm³/mol. The summed E-state index contributed by atoms with van der Waals surface area (Å²) < 4.78 is 11.2. The number of carbonyl (C=O) groups is 2. The van der Waals surface area contributed by atoms with Crippen molar-refractivity contribution in [1.82, 2.24) is 0 Å². The first-order chi connectivity index (χ1) is 12.1. The maximum Gasteiger partial charge on any atom is 0.334 e. The van der Waals surface area contributed by atoms with Crippen molar-refractivity contribution in [2.24, 2.45) is 17.8 Å². The third-order valence-electron chi connectivity index (χ3n) is 6.08. The van der Waals surface area contributed by atoms with Crippen molar-refractivity contribution in [3.05, 3.63) is 35.5 Å². The highest BCUT2D eigenvalue weighted by Gasteiger charge is 2.60. The average molecular weight is 362 g/mol. The van der Waals surface area contributed by atoms with E-state index in [1.807, 2.05) is 6.92 Å². The molecule has 3 rings (SSSR count). The van der Waals surface area contributed by atoms with Crippen LogP contribution in [0.1, 0.15) is 34.1 Å². The quantitative estimate of drug-likeness (QED) is 0.441. The average Bonchev–Trinajstić information content (AvgIpc) is 2.98. The monoisotopic (exact) mass is 362 g/mol. The van der Waals surface area contributed by atoms with Gasteiger partial charge in [0.25, 0.3) is 0 Å². The molecular formula is C20H26O6. The molecule has 2 fully saturated rings. The maximum absolute atomic E-state index is 12.3. The Morgan fingerprint density at radius 2 is 2.12 bits per heavy atom. The van der Waals surface area contributed by atoms with E-state index in [2.05, 4.69) is 6.58 Å². The number of rotatable bonds is 2. The van der Waals surface area contributed by atoms with Gasteiger partial charge in [-0.3, -0.25) is 0 Å². The third-order valence-corrected chi connectivity index (χ3v) is 6.08. The fraction of sp³-hybridized carbons (Fsp3) is 0.600. The Kier molecular flexibility index (Phi) is 4.61. The first-order valence-electron chi connectivity index (χ1n) is 8.91. The molecule has 2 N–H and O–H groups in total. The van der Waals surface area contributed by atoms with Gasteiger partial charge in [0.2, 0.25) is 0 Å². The van der Waals surface area contributed by atoms with Gasteiger partial charge in [0, 0.05) is 29.4 Å². The maximum atomic E-state index is 12.3. The van der Waals surface area contributed by atoms with E-state index in [9.17, 15) is 19.8 Å². The lowest BCUT2D eigenvalue weighted by Gasteiger charge is -2.36. The van der Waals surface area contributed by atoms with Crippen LogP contribution in [0.15, 0.2) is 35.5 Å². The Labute approximate surface area is 153 Å². The van der Waals surface area contributed by atoms with Crippen LogP contribution in [0.3, 0.4) is 0 Å². The van der Waals surface area contributed by atoms with Crippen LogP contribution in [0.25, 0.3) is 0 Å². The SMILES string of the molecule is C=C1C(=O)O[C@@H]2C3C(C)=CC(O)C3[C@](C)(O)C[C@@H](OC(=O)/C(C)=C\C)[C@@H]12. The Balaban J connectivity index is 2.04. The zero-order valence-corrected chi connectivity index (χ0v) is 15.6. The van der Waals surface area contributed by atoms with Gasteiger partial charge >= 0.3 is 11.9 Å². The molecule has 0 amide bonds. The minimum Gasteiger partial charge on any atom is -0.458 e. The van der Waals surface area contributed by atoms with Gasteiger partial charge in [-0.05, 0) is 27.7 Å². The smallest absolute Gasteiger partial charge is 0.334 e. The number of hydrogen-bond acceptors (Lipinski definition) is 6. The molecule has 6 heteroatoms. The molecule has 3 unspecified atom stereocenters. The third kappa shape index (κ3) is 2.81. The molecule has 0 radical (unpaired) electrons. The van der Waals surface area contributed by atoms with Crippen molar-refractivity contribution in [2.45, 2.75) is 58.0 Å². The molecule has 1 heterocycles. The van der Waals surface area contributed by atoms with E-state index in [4.69, 9.17) is 9.47 Å². The summed E-state index contributed by atoms with van der Waals surface area (Å²) >= 11 is 0. The molecule has 1 aliphatic heterocycles. The second-order valence-corrected chi connectivity index (χ2v) is 7.85. The fourth-order valence-electron chi connectivity index (χ4n) is 4.67. The Morgan fingerprint density at radius 1 is 1.46 bits per heavy atom. The normalized spacial score (nSPS) is 42.5. The largest absolute Gasteiger partial charge is 0.458 e. The van der Waals surface area contributed by atoms with Crippen LogP contribution in [0.5, 0.6) is 0 Å². The second kappa shape index (κ2) is 6.35. The number of aliphatic hydroxyl groups is 2. The van der Waals surface area contributed by atoms with Gasteiger partial charge in [0.05, 0.1) is 17.6 Å². The summed E-state index contributed by atoms with van der Waals surface area (Å²) in [5, 5.41) is 21.6. The molecule has 142 valence electrons. The Hall–Kier alpha value is -1.92. The van der Waals surface area contributed by atoms with Crippen molar-refractivity contribution in [3.63, 3.8) is 0 Å². The van der Waals surface area contributed by atoms with Crippen molar-refractivity contribution >= 4 is 11.9 Å². The van der Waals surface area contributed by atoms with Gasteiger partial charge < -0.3 is 19.7 Å². The van der Waals surface area contributed by atoms with Crippen LogP contribution in [0.4, 0.5) is 0 Å². The molecule has 2 aliphatic carbocycles. The molecule has 0 aromatic heterocycles. The summed E-state index contributed by atoms with van der Waals surface area (Å²) in [7, 11) is 0. The Morgan fingerprint density at radius 3 is 2.73 bits per heavy atom. The first-order valence-corrected chi connectivity index (χ1v) is 8.91. The Bertz CT molecular complexity index is 716. The highest BCUT2D eigenvalue weighted by atomic mass is 16.6. The topological polar surface area (TPSA) is 93.1 Å². The first kappa shape index (κ1) is 18.9. The predicted octanol–water partition coefficient (Wildman–Crippen LogP) is 1.67. The van der Waals surface area contributed by atoms with Gasteiger partial charge in [-0.2, -0.15) is 0 Å². The van der Waals surface area contributed by atoms with Crippen LogP contribution in [-0.4, -0.2) is 46.1 Å². The lowest BCUT2D eigenvalue weighted by atomic mass is 9.75. The number of fused-ring (bicyclic) bond motifs is 3. The van der Waals surface area contributed by atoms with Gasteiger partial charge in [-0.25, -0.2) is 9.59 Å². The zero-order chi connectivity index (χ0) is 19.4. The molecular weight excluding hydrogens is 336 g/mol. The number of esters is 2. The minimum absolute atomic E-state index is 0.0892. The number of aliphatic hydroxyl groups excluding tert-OH is 1. The molecule has 1 saturated carbocycles. The van der Waals surface area contributed by atoms with E-state index in [1.165, 1.54) is 0 Å². The molecule has 3 aliphatic rings. The summed E-state index contributed by atoms with van der Waals surface area (Å²) in [4.78, 5) is 24.5. The van der Waals surface area contributed by atoms with E-state index in [-0.39, 0.29) is 17.9 Å². The van der Waals surface area contributed by atoms with Gasteiger partial charge in [-0.1, -0.05) is 24.3 Å². The molecule has 0 aromatic carbocycles. The molecule has 26 heavy (non-hydrogen) atoms. The number of carbonyl (C=O) groups excluding carboxylic acids is 2. The summed E-state index contributed by atoms with van der Waals surface area (Å²) in [5.41, 5.74) is 0.246. The van der Waals surface area contributed by atoms with E-state index in [0.717, 1.165) is 5.57 Å². The number of hydrogen-bond donors (Lipinski definition) is 2. The van der Waals surface area contributed by atoms with E-state index < -0.39 is 47.7 Å². The minimum atomic E-state index is -1.30. The van der Waals surface area contributed by atoms with E-state index >= 15 is 0 Å². The lowest BCUT2D eigenvalue weighted by Crippen LogP contribution is -2.45. The highest BCUT2D eigenvalue weighted by Crippen LogP contribution is 2.52. The summed E-state index contributed by atoms with van der Waals surface area (Å²) in [6.07, 6.45) is 1.20. The van der Waals surface area contributed by atoms with Crippen LogP contribution >= 0.6 is 0 Å². The molecule has 7 atom stereocenters. The fourth-order valence-corrected chi connectivity index (χ4v) is 4.67. The molecule has 1 saturated heterocycles. The van der Waals surface area contributed by atoms with Gasteiger partial charge in [-0.15, -0.1) is 0 Å².